The summed E-state index contributed by atoms with van der Waals surface area (Å²) in [6, 6.07) is 15.5. The molecule has 3 rings (SSSR count). The van der Waals surface area contributed by atoms with Gasteiger partial charge in [-0.15, -0.1) is 0 Å². The Hall–Kier alpha value is -2.88. The summed E-state index contributed by atoms with van der Waals surface area (Å²) in [7, 11) is 0. The maximum atomic E-state index is 12.6. The molecule has 0 fully saturated rings. The van der Waals surface area contributed by atoms with Gasteiger partial charge in [0.05, 0.1) is 12.5 Å². The van der Waals surface area contributed by atoms with Crippen LogP contribution in [0.5, 0.6) is 0 Å². The van der Waals surface area contributed by atoms with E-state index in [0.29, 0.717) is 5.92 Å². The minimum atomic E-state index is -0.288. The van der Waals surface area contributed by atoms with Crippen molar-refractivity contribution in [3.8, 4) is 0 Å². The van der Waals surface area contributed by atoms with Crippen molar-refractivity contribution in [3.63, 3.8) is 0 Å². The van der Waals surface area contributed by atoms with Crippen LogP contribution in [0.1, 0.15) is 55.8 Å². The predicted octanol–water partition coefficient (Wildman–Crippen LogP) is 4.71. The Morgan fingerprint density at radius 1 is 1.08 bits per heavy atom. The summed E-state index contributed by atoms with van der Waals surface area (Å²) in [5, 5.41) is 2.94. The standard InChI is InChI=1S/C22H24N2O2/c1-15(2)17-8-10-19(11-9-17)23-22(26)14-21-20-7-5-4-6-18(20)12-13-24(21)16(3)25/h4-13,15,21H,14H2,1-3H3,(H,23,26)/t21-/m1/s1. The van der Waals surface area contributed by atoms with Gasteiger partial charge in [0.2, 0.25) is 11.8 Å². The number of nitrogens with zero attached hydrogens (tertiary/aromatic N) is 1. The first-order chi connectivity index (χ1) is 12.5. The molecule has 1 heterocycles. The lowest BCUT2D eigenvalue weighted by Gasteiger charge is -2.32. The summed E-state index contributed by atoms with van der Waals surface area (Å²) >= 11 is 0. The fraction of sp³-hybridized carbons (Fsp3) is 0.273. The third kappa shape index (κ3) is 3.85. The topological polar surface area (TPSA) is 49.4 Å². The monoisotopic (exact) mass is 348 g/mol. The van der Waals surface area contributed by atoms with E-state index in [-0.39, 0.29) is 24.3 Å². The largest absolute Gasteiger partial charge is 0.326 e. The van der Waals surface area contributed by atoms with Gasteiger partial charge >= 0.3 is 0 Å². The zero-order valence-electron chi connectivity index (χ0n) is 15.4. The summed E-state index contributed by atoms with van der Waals surface area (Å²) in [5.74, 6) is 0.271. The lowest BCUT2D eigenvalue weighted by molar-refractivity contribution is -0.129. The second kappa shape index (κ2) is 7.56. The molecule has 0 saturated carbocycles. The highest BCUT2D eigenvalue weighted by atomic mass is 16.2. The lowest BCUT2D eigenvalue weighted by atomic mass is 9.93. The first-order valence-corrected chi connectivity index (χ1v) is 8.91. The van der Waals surface area contributed by atoms with Crippen LogP contribution in [0.4, 0.5) is 5.69 Å². The number of hydrogen-bond acceptors (Lipinski definition) is 2. The molecule has 0 aromatic heterocycles. The Labute approximate surface area is 154 Å². The van der Waals surface area contributed by atoms with Crippen LogP contribution in [0, 0.1) is 0 Å². The molecule has 0 aliphatic carbocycles. The van der Waals surface area contributed by atoms with E-state index in [1.165, 1.54) is 12.5 Å². The Morgan fingerprint density at radius 3 is 2.42 bits per heavy atom. The third-order valence-electron chi connectivity index (χ3n) is 4.71. The van der Waals surface area contributed by atoms with Crippen LogP contribution < -0.4 is 5.32 Å². The second-order valence-corrected chi connectivity index (χ2v) is 6.92. The predicted molar refractivity (Wildman–Crippen MR) is 105 cm³/mol. The number of amides is 2. The Balaban J connectivity index is 1.76. The van der Waals surface area contributed by atoms with E-state index in [9.17, 15) is 9.59 Å². The van der Waals surface area contributed by atoms with Gasteiger partial charge in [-0.1, -0.05) is 50.2 Å². The zero-order valence-corrected chi connectivity index (χ0v) is 15.4. The molecule has 4 heteroatoms. The molecule has 0 unspecified atom stereocenters. The Kier molecular flexibility index (Phi) is 5.21. The van der Waals surface area contributed by atoms with Crippen LogP contribution in [0.25, 0.3) is 6.08 Å². The van der Waals surface area contributed by atoms with Gasteiger partial charge in [-0.25, -0.2) is 0 Å². The van der Waals surface area contributed by atoms with Crippen molar-refractivity contribution in [1.29, 1.82) is 0 Å². The van der Waals surface area contributed by atoms with E-state index in [1.807, 2.05) is 54.6 Å². The molecular weight excluding hydrogens is 324 g/mol. The van der Waals surface area contributed by atoms with E-state index in [4.69, 9.17) is 0 Å². The molecule has 134 valence electrons. The molecule has 26 heavy (non-hydrogen) atoms. The maximum Gasteiger partial charge on any atom is 0.226 e. The van der Waals surface area contributed by atoms with Gasteiger partial charge in [0.1, 0.15) is 0 Å². The number of fused-ring (bicyclic) bond motifs is 1. The fourth-order valence-corrected chi connectivity index (χ4v) is 3.25. The fourth-order valence-electron chi connectivity index (χ4n) is 3.25. The smallest absolute Gasteiger partial charge is 0.226 e. The SMILES string of the molecule is CC(=O)N1C=Cc2ccccc2[C@H]1CC(=O)Nc1ccc(C(C)C)cc1. The van der Waals surface area contributed by atoms with Gasteiger partial charge in [0.15, 0.2) is 0 Å². The summed E-state index contributed by atoms with van der Waals surface area (Å²) in [5.41, 5.74) is 4.05. The average molecular weight is 348 g/mol. The average Bonchev–Trinajstić information content (AvgIpc) is 2.62. The van der Waals surface area contributed by atoms with E-state index in [1.54, 1.807) is 11.1 Å². The van der Waals surface area contributed by atoms with Gasteiger partial charge in [-0.05, 0) is 40.8 Å². The number of hydrogen-bond donors (Lipinski definition) is 1. The van der Waals surface area contributed by atoms with Gasteiger partial charge in [-0.2, -0.15) is 0 Å². The molecule has 1 N–H and O–H groups in total. The molecule has 1 atom stereocenters. The minimum absolute atomic E-state index is 0.0742. The molecular formula is C22H24N2O2. The summed E-state index contributed by atoms with van der Waals surface area (Å²) in [4.78, 5) is 26.2. The number of rotatable bonds is 4. The van der Waals surface area contributed by atoms with Crippen molar-refractivity contribution < 1.29 is 9.59 Å². The summed E-state index contributed by atoms with van der Waals surface area (Å²) in [6.45, 7) is 5.80. The van der Waals surface area contributed by atoms with Gasteiger partial charge < -0.3 is 10.2 Å². The van der Waals surface area contributed by atoms with Crippen molar-refractivity contribution in [2.24, 2.45) is 0 Å². The van der Waals surface area contributed by atoms with E-state index < -0.39 is 0 Å². The molecule has 1 aliphatic heterocycles. The van der Waals surface area contributed by atoms with Crippen molar-refractivity contribution >= 4 is 23.6 Å². The number of benzene rings is 2. The molecule has 0 radical (unpaired) electrons. The molecule has 2 amide bonds. The highest BCUT2D eigenvalue weighted by Crippen LogP contribution is 2.33. The van der Waals surface area contributed by atoms with Gasteiger partial charge in [-0.3, -0.25) is 9.59 Å². The third-order valence-corrected chi connectivity index (χ3v) is 4.71. The molecule has 0 bridgehead atoms. The molecule has 0 saturated heterocycles. The van der Waals surface area contributed by atoms with Gasteiger partial charge in [0.25, 0.3) is 0 Å². The van der Waals surface area contributed by atoms with Crippen LogP contribution in [-0.2, 0) is 9.59 Å². The quantitative estimate of drug-likeness (QED) is 0.870. The van der Waals surface area contributed by atoms with E-state index in [0.717, 1.165) is 16.8 Å². The number of carbonyl (C=O) groups is 2. The van der Waals surface area contributed by atoms with E-state index in [2.05, 4.69) is 19.2 Å². The van der Waals surface area contributed by atoms with Crippen molar-refractivity contribution in [1.82, 2.24) is 4.90 Å². The first-order valence-electron chi connectivity index (χ1n) is 8.91. The van der Waals surface area contributed by atoms with Crippen LogP contribution in [0.2, 0.25) is 0 Å². The van der Waals surface area contributed by atoms with Crippen molar-refractivity contribution in [2.75, 3.05) is 5.32 Å². The summed E-state index contributed by atoms with van der Waals surface area (Å²) < 4.78 is 0. The van der Waals surface area contributed by atoms with Crippen molar-refractivity contribution in [2.45, 2.75) is 39.2 Å². The first kappa shape index (κ1) is 17.9. The highest BCUT2D eigenvalue weighted by Gasteiger charge is 2.28. The van der Waals surface area contributed by atoms with Crippen LogP contribution in [0.15, 0.2) is 54.7 Å². The second-order valence-electron chi connectivity index (χ2n) is 6.92. The Morgan fingerprint density at radius 2 is 1.77 bits per heavy atom. The van der Waals surface area contributed by atoms with Crippen LogP contribution in [0.3, 0.4) is 0 Å². The molecule has 1 aliphatic rings. The Bertz CT molecular complexity index is 837. The summed E-state index contributed by atoms with van der Waals surface area (Å²) in [6.07, 6.45) is 3.89. The molecule has 2 aromatic rings. The number of carbonyl (C=O) groups excluding carboxylic acids is 2. The van der Waals surface area contributed by atoms with Gasteiger partial charge in [0, 0.05) is 18.8 Å². The lowest BCUT2D eigenvalue weighted by Crippen LogP contribution is -2.33. The van der Waals surface area contributed by atoms with Crippen molar-refractivity contribution in [3.05, 3.63) is 71.4 Å². The molecule has 2 aromatic carbocycles. The highest BCUT2D eigenvalue weighted by molar-refractivity contribution is 5.92. The zero-order chi connectivity index (χ0) is 18.7. The molecule has 0 spiro atoms. The number of nitrogens with one attached hydrogen (secondary N) is 1. The normalized spacial score (nSPS) is 15.7. The number of anilines is 1. The van der Waals surface area contributed by atoms with E-state index >= 15 is 0 Å². The van der Waals surface area contributed by atoms with Crippen LogP contribution >= 0.6 is 0 Å². The molecule has 4 nitrogen and oxygen atoms in total. The maximum absolute atomic E-state index is 12.6. The minimum Gasteiger partial charge on any atom is -0.326 e. The van der Waals surface area contributed by atoms with Crippen LogP contribution in [-0.4, -0.2) is 16.7 Å².